The molecule has 11 heteroatoms. The molecule has 0 amide bonds. The highest BCUT2D eigenvalue weighted by Gasteiger charge is 2.18. The van der Waals surface area contributed by atoms with Gasteiger partial charge in [0.2, 0.25) is 0 Å². The number of thiazole rings is 1. The number of sulfonamides is 1. The third-order valence-corrected chi connectivity index (χ3v) is 7.23. The van der Waals surface area contributed by atoms with Gasteiger partial charge in [0.1, 0.15) is 5.82 Å². The number of hydrogen-bond acceptors (Lipinski definition) is 7. The van der Waals surface area contributed by atoms with E-state index in [1.54, 1.807) is 17.5 Å². The summed E-state index contributed by atoms with van der Waals surface area (Å²) < 4.78 is 29.9. The number of benzene rings is 2. The van der Waals surface area contributed by atoms with Crippen molar-refractivity contribution in [3.05, 3.63) is 77.1 Å². The number of nitrogen functional groups attached to an aromatic ring is 1. The van der Waals surface area contributed by atoms with Gasteiger partial charge in [-0.1, -0.05) is 30.3 Å². The first-order valence-electron chi connectivity index (χ1n) is 9.41. The van der Waals surface area contributed by atoms with Crippen molar-refractivity contribution in [1.29, 1.82) is 0 Å². The topological polar surface area (TPSA) is 119 Å². The number of hydrogen-bond donors (Lipinski definition) is 3. The lowest BCUT2D eigenvalue weighted by molar-refractivity contribution is 0.601. The third kappa shape index (κ3) is 3.66. The lowest BCUT2D eigenvalue weighted by Gasteiger charge is -2.08. The van der Waals surface area contributed by atoms with E-state index in [0.717, 1.165) is 22.2 Å². The van der Waals surface area contributed by atoms with Crippen molar-refractivity contribution in [1.82, 2.24) is 19.5 Å². The van der Waals surface area contributed by atoms with E-state index in [0.29, 0.717) is 16.6 Å². The summed E-state index contributed by atoms with van der Waals surface area (Å²) in [5, 5.41) is 2.75. The molecule has 0 unspecified atom stereocenters. The fraction of sp³-hybridized carbons (Fsp3) is 0. The lowest BCUT2D eigenvalue weighted by atomic mass is 10.1. The van der Waals surface area contributed by atoms with Gasteiger partial charge in [0.25, 0.3) is 10.0 Å². The van der Waals surface area contributed by atoms with Crippen LogP contribution in [0.15, 0.2) is 77.3 Å². The quantitative estimate of drug-likeness (QED) is 0.317. The van der Waals surface area contributed by atoms with Gasteiger partial charge in [-0.3, -0.25) is 4.72 Å². The fourth-order valence-electron chi connectivity index (χ4n) is 3.44. The highest BCUT2D eigenvalue weighted by Crippen LogP contribution is 2.34. The van der Waals surface area contributed by atoms with E-state index in [1.165, 1.54) is 29.7 Å². The molecule has 3 heterocycles. The Kier molecular flexibility index (Phi) is 5.00. The summed E-state index contributed by atoms with van der Waals surface area (Å²) in [5.41, 5.74) is 9.43. The zero-order valence-electron chi connectivity index (χ0n) is 16.4. The maximum atomic E-state index is 12.6. The van der Waals surface area contributed by atoms with Crippen LogP contribution in [0.3, 0.4) is 0 Å². The molecule has 0 spiro atoms. The predicted octanol–water partition coefficient (Wildman–Crippen LogP) is 4.59. The Morgan fingerprint density at radius 3 is 2.53 bits per heavy atom. The molecule has 5 rings (SSSR count). The van der Waals surface area contributed by atoms with Gasteiger partial charge in [-0.25, -0.2) is 18.4 Å². The van der Waals surface area contributed by atoms with E-state index in [1.807, 2.05) is 41.1 Å². The molecule has 0 saturated heterocycles. The first kappa shape index (κ1) is 20.4. The van der Waals surface area contributed by atoms with Crippen molar-refractivity contribution in [2.75, 3.05) is 10.5 Å². The normalized spacial score (nSPS) is 11.6. The zero-order chi connectivity index (χ0) is 22.3. The molecule has 0 bridgehead atoms. The molecule has 0 aliphatic carbocycles. The van der Waals surface area contributed by atoms with Gasteiger partial charge in [0.15, 0.2) is 15.5 Å². The first-order valence-corrected chi connectivity index (χ1v) is 12.2. The number of nitrogens with one attached hydrogen (secondary N) is 2. The number of aromatic amines is 1. The van der Waals surface area contributed by atoms with Gasteiger partial charge in [0.05, 0.1) is 10.3 Å². The van der Waals surface area contributed by atoms with Crippen molar-refractivity contribution >= 4 is 55.6 Å². The largest absolute Gasteiger partial charge is 0.385 e. The van der Waals surface area contributed by atoms with Gasteiger partial charge in [-0.2, -0.15) is 0 Å². The molecule has 0 aliphatic rings. The number of anilines is 2. The second kappa shape index (κ2) is 7.86. The third-order valence-electron chi connectivity index (χ3n) is 4.86. The van der Waals surface area contributed by atoms with E-state index < -0.39 is 10.0 Å². The molecule has 32 heavy (non-hydrogen) atoms. The Hall–Kier alpha value is -3.54. The standard InChI is InChI=1S/C21H16N6O2S3/c22-18-17-16(13-4-2-1-3-5-13)12-27(19(17)25-20(30)24-18)14-6-8-15(9-7-14)32(28,29)26-21-23-10-11-31-21/h1-12H,(H,23,26)(H3,22,24,25,30). The minimum atomic E-state index is -3.74. The Morgan fingerprint density at radius 1 is 1.09 bits per heavy atom. The average Bonchev–Trinajstić information content (AvgIpc) is 3.42. The molecule has 0 atom stereocenters. The summed E-state index contributed by atoms with van der Waals surface area (Å²) in [6.07, 6.45) is 3.46. The summed E-state index contributed by atoms with van der Waals surface area (Å²) in [5.74, 6) is 0.421. The summed E-state index contributed by atoms with van der Waals surface area (Å²) in [4.78, 5) is 11.5. The van der Waals surface area contributed by atoms with Crippen LogP contribution in [0.1, 0.15) is 0 Å². The molecule has 2 aromatic carbocycles. The van der Waals surface area contributed by atoms with Crippen LogP contribution in [0.25, 0.3) is 27.8 Å². The molecule has 3 aromatic heterocycles. The van der Waals surface area contributed by atoms with E-state index in [4.69, 9.17) is 18.0 Å². The van der Waals surface area contributed by atoms with E-state index in [9.17, 15) is 8.42 Å². The molecule has 4 N–H and O–H groups in total. The molecule has 0 saturated carbocycles. The smallest absolute Gasteiger partial charge is 0.263 e. The van der Waals surface area contributed by atoms with E-state index >= 15 is 0 Å². The van der Waals surface area contributed by atoms with Crippen molar-refractivity contribution in [2.24, 2.45) is 0 Å². The maximum Gasteiger partial charge on any atom is 0.263 e. The van der Waals surface area contributed by atoms with Gasteiger partial charge in [0, 0.05) is 29.0 Å². The molecule has 0 radical (unpaired) electrons. The van der Waals surface area contributed by atoms with Crippen LogP contribution in [0.5, 0.6) is 0 Å². The number of H-pyrrole nitrogens is 1. The Bertz CT molecular complexity index is 1570. The summed E-state index contributed by atoms with van der Waals surface area (Å²) in [7, 11) is -3.74. The second-order valence-corrected chi connectivity index (χ2v) is 9.83. The molecular formula is C21H16N6O2S3. The highest BCUT2D eigenvalue weighted by atomic mass is 32.2. The molecule has 160 valence electrons. The van der Waals surface area contributed by atoms with Gasteiger partial charge in [-0.05, 0) is 42.0 Å². The number of fused-ring (bicyclic) bond motifs is 1. The molecular weight excluding hydrogens is 464 g/mol. The summed E-state index contributed by atoms with van der Waals surface area (Å²) in [6.45, 7) is 0. The number of nitrogens with two attached hydrogens (primary N) is 1. The van der Waals surface area contributed by atoms with Gasteiger partial charge >= 0.3 is 0 Å². The SMILES string of the molecule is Nc1[nH]c(=S)nc2c1c(-c1ccccc1)cn2-c1ccc(S(=O)(=O)Nc2nccs2)cc1. The van der Waals surface area contributed by atoms with Crippen molar-refractivity contribution in [2.45, 2.75) is 4.90 Å². The monoisotopic (exact) mass is 480 g/mol. The van der Waals surface area contributed by atoms with Crippen LogP contribution in [0.2, 0.25) is 0 Å². The molecule has 8 nitrogen and oxygen atoms in total. The second-order valence-electron chi connectivity index (χ2n) is 6.87. The number of aromatic nitrogens is 4. The minimum absolute atomic E-state index is 0.126. The molecule has 0 fully saturated rings. The van der Waals surface area contributed by atoms with Crippen molar-refractivity contribution in [3.63, 3.8) is 0 Å². The molecule has 5 aromatic rings. The van der Waals surface area contributed by atoms with E-state index in [-0.39, 0.29) is 9.67 Å². The van der Waals surface area contributed by atoms with Gasteiger partial charge in [-0.15, -0.1) is 11.3 Å². The first-order chi connectivity index (χ1) is 15.4. The average molecular weight is 481 g/mol. The number of nitrogens with zero attached hydrogens (tertiary/aromatic N) is 3. The van der Waals surface area contributed by atoms with Crippen LogP contribution in [0.4, 0.5) is 10.9 Å². The maximum absolute atomic E-state index is 12.6. The fourth-order valence-corrected chi connectivity index (χ4v) is 5.43. The van der Waals surface area contributed by atoms with Crippen molar-refractivity contribution < 1.29 is 8.42 Å². The summed E-state index contributed by atoms with van der Waals surface area (Å²) in [6, 6.07) is 16.3. The highest BCUT2D eigenvalue weighted by molar-refractivity contribution is 7.93. The molecule has 0 aliphatic heterocycles. The predicted molar refractivity (Wildman–Crippen MR) is 129 cm³/mol. The van der Waals surface area contributed by atoms with Crippen LogP contribution in [0, 0.1) is 4.77 Å². The number of rotatable bonds is 5. The van der Waals surface area contributed by atoms with Crippen LogP contribution < -0.4 is 10.5 Å². The zero-order valence-corrected chi connectivity index (χ0v) is 18.8. The Morgan fingerprint density at radius 2 is 1.84 bits per heavy atom. The van der Waals surface area contributed by atoms with E-state index in [2.05, 4.69) is 19.7 Å². The van der Waals surface area contributed by atoms with Crippen molar-refractivity contribution in [3.8, 4) is 16.8 Å². The lowest BCUT2D eigenvalue weighted by Crippen LogP contribution is -2.12. The Labute approximate surface area is 192 Å². The van der Waals surface area contributed by atoms with Crippen LogP contribution in [-0.2, 0) is 10.0 Å². The van der Waals surface area contributed by atoms with Crippen LogP contribution >= 0.6 is 23.6 Å². The van der Waals surface area contributed by atoms with Crippen LogP contribution in [-0.4, -0.2) is 27.9 Å². The minimum Gasteiger partial charge on any atom is -0.385 e. The Balaban J connectivity index is 1.62. The van der Waals surface area contributed by atoms with Gasteiger partial charge < -0.3 is 15.3 Å². The summed E-state index contributed by atoms with van der Waals surface area (Å²) >= 11 is 6.45.